The number of halogens is 2. The predicted molar refractivity (Wildman–Crippen MR) is 142 cm³/mol. The summed E-state index contributed by atoms with van der Waals surface area (Å²) in [5.74, 6) is -0.615. The molecule has 0 spiro atoms. The molecule has 0 saturated carbocycles. The van der Waals surface area contributed by atoms with Gasteiger partial charge in [0.05, 0.1) is 9.36 Å². The van der Waals surface area contributed by atoms with Gasteiger partial charge in [0.2, 0.25) is 0 Å². The molecule has 0 fully saturated rings. The second-order valence-electron chi connectivity index (χ2n) is 7.63. The summed E-state index contributed by atoms with van der Waals surface area (Å²) in [6, 6.07) is 8.68. The van der Waals surface area contributed by atoms with Crippen molar-refractivity contribution in [3.63, 3.8) is 0 Å². The molecule has 0 atom stereocenters. The van der Waals surface area contributed by atoms with Crippen LogP contribution in [0.5, 0.6) is 0 Å². The molecule has 0 radical (unpaired) electrons. The number of thiophene rings is 1. The van der Waals surface area contributed by atoms with Gasteiger partial charge in [-0.1, -0.05) is 6.58 Å². The third-order valence-corrected chi connectivity index (χ3v) is 6.14. The Bertz CT molecular complexity index is 1220. The minimum atomic E-state index is -0.338. The lowest BCUT2D eigenvalue weighted by Crippen LogP contribution is -2.28. The molecule has 1 aromatic carbocycles. The molecule has 2 heterocycles. The van der Waals surface area contributed by atoms with Crippen molar-refractivity contribution in [1.29, 1.82) is 0 Å². The van der Waals surface area contributed by atoms with E-state index in [0.29, 0.717) is 28.6 Å². The van der Waals surface area contributed by atoms with E-state index < -0.39 is 0 Å². The largest absolute Gasteiger partial charge is 0.351 e. The Morgan fingerprint density at radius 1 is 1.15 bits per heavy atom. The van der Waals surface area contributed by atoms with Crippen LogP contribution in [0.15, 0.2) is 41.4 Å². The van der Waals surface area contributed by atoms with Crippen LogP contribution < -0.4 is 16.0 Å². The first-order chi connectivity index (χ1) is 15.6. The van der Waals surface area contributed by atoms with Gasteiger partial charge in [0.1, 0.15) is 5.69 Å². The number of rotatable bonds is 9. The Morgan fingerprint density at radius 2 is 1.88 bits per heavy atom. The maximum Gasteiger partial charge on any atom is 0.269 e. The van der Waals surface area contributed by atoms with E-state index in [1.54, 1.807) is 31.3 Å². The van der Waals surface area contributed by atoms with Crippen molar-refractivity contribution in [1.82, 2.24) is 20.0 Å². The molecule has 34 heavy (non-hydrogen) atoms. The number of fused-ring (bicyclic) bond motifs is 1. The van der Waals surface area contributed by atoms with E-state index >= 15 is 0 Å². The molecule has 182 valence electrons. The Morgan fingerprint density at radius 3 is 2.56 bits per heavy atom. The van der Waals surface area contributed by atoms with Crippen molar-refractivity contribution >= 4 is 79.0 Å². The minimum Gasteiger partial charge on any atom is -0.351 e. The summed E-state index contributed by atoms with van der Waals surface area (Å²) in [6.07, 6.45) is 0.836. The van der Waals surface area contributed by atoms with Crippen LogP contribution in [0.2, 0.25) is 0 Å². The first-order valence-electron chi connectivity index (χ1n) is 10.1. The first kappa shape index (κ1) is 27.5. The van der Waals surface area contributed by atoms with Crippen LogP contribution in [0.25, 0.3) is 10.1 Å². The highest BCUT2D eigenvalue weighted by molar-refractivity contribution is 9.12. The minimum absolute atomic E-state index is 0. The monoisotopic (exact) mass is 568 g/mol. The molecule has 3 aromatic rings. The second kappa shape index (κ2) is 12.1. The fourth-order valence-electron chi connectivity index (χ4n) is 3.04. The molecule has 0 aliphatic carbocycles. The predicted octanol–water partition coefficient (Wildman–Crippen LogP) is 3.84. The molecule has 12 heteroatoms. The van der Waals surface area contributed by atoms with Crippen LogP contribution >= 0.6 is 39.7 Å². The van der Waals surface area contributed by atoms with Gasteiger partial charge in [-0.2, -0.15) is 5.10 Å². The smallest absolute Gasteiger partial charge is 0.269 e. The lowest BCUT2D eigenvalue weighted by atomic mass is 10.2. The van der Waals surface area contributed by atoms with Gasteiger partial charge in [-0.25, -0.2) is 0 Å². The van der Waals surface area contributed by atoms with E-state index in [1.165, 1.54) is 16.0 Å². The highest BCUT2D eigenvalue weighted by atomic mass is 79.9. The molecule has 3 N–H and O–H groups in total. The number of nitrogens with one attached hydrogen (secondary N) is 3. The number of benzene rings is 1. The fourth-order valence-corrected chi connectivity index (χ4v) is 4.08. The molecule has 0 saturated heterocycles. The van der Waals surface area contributed by atoms with E-state index in [1.807, 2.05) is 20.2 Å². The zero-order chi connectivity index (χ0) is 24.1. The van der Waals surface area contributed by atoms with Crippen LogP contribution in [-0.4, -0.2) is 59.6 Å². The molecule has 9 nitrogen and oxygen atoms in total. The fraction of sp³-hybridized carbons (Fsp3) is 0.273. The maximum atomic E-state index is 12.8. The SMILES string of the molecule is C=C(Br)C(=O)Nc1ccc2sc(C(=O)Nc3cc(C(=O)NCCCN(C)C)n(C)n3)cc2c1.Cl. The first-order valence-corrected chi connectivity index (χ1v) is 11.7. The highest BCUT2D eigenvalue weighted by Gasteiger charge is 2.17. The molecule has 0 bridgehead atoms. The number of carbonyl (C=O) groups is 3. The molecule has 0 aliphatic heterocycles. The Labute approximate surface area is 216 Å². The summed E-state index contributed by atoms with van der Waals surface area (Å²) in [5, 5.41) is 13.4. The lowest BCUT2D eigenvalue weighted by Gasteiger charge is -2.09. The summed E-state index contributed by atoms with van der Waals surface area (Å²) >= 11 is 4.37. The summed E-state index contributed by atoms with van der Waals surface area (Å²) in [4.78, 5) is 39.5. The van der Waals surface area contributed by atoms with E-state index in [9.17, 15) is 14.4 Å². The van der Waals surface area contributed by atoms with Gasteiger partial charge < -0.3 is 20.9 Å². The van der Waals surface area contributed by atoms with Crippen molar-refractivity contribution in [3.8, 4) is 0 Å². The molecular formula is C22H26BrClN6O3S. The van der Waals surface area contributed by atoms with Gasteiger partial charge in [0, 0.05) is 30.0 Å². The molecular weight excluding hydrogens is 544 g/mol. The van der Waals surface area contributed by atoms with Gasteiger partial charge in [-0.05, 0) is 72.6 Å². The van der Waals surface area contributed by atoms with Gasteiger partial charge in [0.25, 0.3) is 17.7 Å². The van der Waals surface area contributed by atoms with Gasteiger partial charge in [0.15, 0.2) is 5.82 Å². The Balaban J connectivity index is 0.00000408. The number of nitrogens with zero attached hydrogens (tertiary/aromatic N) is 3. The third kappa shape index (κ3) is 7.13. The van der Waals surface area contributed by atoms with Crippen LogP contribution in [0.3, 0.4) is 0 Å². The highest BCUT2D eigenvalue weighted by Crippen LogP contribution is 2.29. The zero-order valence-corrected chi connectivity index (χ0v) is 22.2. The Hall–Kier alpha value is -2.73. The van der Waals surface area contributed by atoms with Gasteiger partial charge in [-0.3, -0.25) is 19.1 Å². The standard InChI is InChI=1S/C22H25BrN6O3S.ClH/c1-13(23)20(30)25-15-6-7-17-14(10-15)11-18(33-17)22(32)26-19-12-16(29(4)27-19)21(31)24-8-5-9-28(2)3;/h6-7,10-12H,1,5,8-9H2,2-4H3,(H,24,31)(H,25,30)(H,26,27,32);1H. The van der Waals surface area contributed by atoms with Crippen LogP contribution in [-0.2, 0) is 11.8 Å². The summed E-state index contributed by atoms with van der Waals surface area (Å²) in [6.45, 7) is 4.97. The zero-order valence-electron chi connectivity index (χ0n) is 19.0. The van der Waals surface area contributed by atoms with Crippen LogP contribution in [0.1, 0.15) is 26.6 Å². The maximum absolute atomic E-state index is 12.8. The quantitative estimate of drug-likeness (QED) is 0.268. The van der Waals surface area contributed by atoms with Crippen LogP contribution in [0.4, 0.5) is 11.5 Å². The summed E-state index contributed by atoms with van der Waals surface area (Å²) in [7, 11) is 5.61. The van der Waals surface area contributed by atoms with Gasteiger partial charge in [-0.15, -0.1) is 23.7 Å². The van der Waals surface area contributed by atoms with E-state index in [-0.39, 0.29) is 34.6 Å². The number of aromatic nitrogens is 2. The summed E-state index contributed by atoms with van der Waals surface area (Å²) < 4.78 is 2.56. The Kier molecular flexibility index (Phi) is 9.80. The number of hydrogen-bond acceptors (Lipinski definition) is 6. The van der Waals surface area contributed by atoms with Crippen molar-refractivity contribution in [2.24, 2.45) is 7.05 Å². The van der Waals surface area contributed by atoms with Crippen molar-refractivity contribution < 1.29 is 14.4 Å². The molecule has 3 amide bonds. The van der Waals surface area contributed by atoms with Crippen LogP contribution in [0, 0.1) is 0 Å². The van der Waals surface area contributed by atoms with E-state index in [2.05, 4.69) is 48.5 Å². The molecule has 0 aliphatic rings. The number of carbonyl (C=O) groups excluding carboxylic acids is 3. The molecule has 0 unspecified atom stereocenters. The molecule has 3 rings (SSSR count). The van der Waals surface area contributed by atoms with E-state index in [0.717, 1.165) is 23.1 Å². The number of hydrogen-bond donors (Lipinski definition) is 3. The average molecular weight is 570 g/mol. The topological polar surface area (TPSA) is 108 Å². The van der Waals surface area contributed by atoms with E-state index in [4.69, 9.17) is 0 Å². The number of anilines is 2. The lowest BCUT2D eigenvalue weighted by molar-refractivity contribution is -0.112. The second-order valence-corrected chi connectivity index (χ2v) is 9.67. The molecule has 2 aromatic heterocycles. The van der Waals surface area contributed by atoms with Crippen molar-refractivity contribution in [3.05, 3.63) is 52.0 Å². The number of amides is 3. The third-order valence-electron chi connectivity index (χ3n) is 4.67. The normalized spacial score (nSPS) is 10.6. The number of aryl methyl sites for hydroxylation is 1. The summed E-state index contributed by atoms with van der Waals surface area (Å²) in [5.41, 5.74) is 0.962. The van der Waals surface area contributed by atoms with Gasteiger partial charge >= 0.3 is 0 Å². The average Bonchev–Trinajstić information content (AvgIpc) is 3.33. The van der Waals surface area contributed by atoms with Crippen molar-refractivity contribution in [2.75, 3.05) is 37.8 Å². The van der Waals surface area contributed by atoms with Crippen molar-refractivity contribution in [2.45, 2.75) is 6.42 Å².